The van der Waals surface area contributed by atoms with E-state index in [1.807, 2.05) is 36.4 Å². The van der Waals surface area contributed by atoms with Crippen LogP contribution in [-0.2, 0) is 4.79 Å². The molecular formula is C25H27N5O2. The number of likely N-dealkylation sites (N-methyl/N-ethyl adjacent to an activating group) is 1. The summed E-state index contributed by atoms with van der Waals surface area (Å²) in [5.74, 6) is -0.537. The lowest BCUT2D eigenvalue weighted by molar-refractivity contribution is -0.111. The number of anilines is 2. The van der Waals surface area contributed by atoms with Gasteiger partial charge < -0.3 is 21.3 Å². The first-order valence-electron chi connectivity index (χ1n) is 10.7. The zero-order chi connectivity index (χ0) is 22.7. The van der Waals surface area contributed by atoms with Crippen molar-refractivity contribution < 1.29 is 9.59 Å². The van der Waals surface area contributed by atoms with Gasteiger partial charge in [-0.3, -0.25) is 9.59 Å². The number of likely N-dealkylation sites (tertiary alicyclic amines) is 1. The Kier molecular flexibility index (Phi) is 6.18. The fourth-order valence-corrected chi connectivity index (χ4v) is 4.08. The minimum atomic E-state index is -0.277. The molecule has 7 heteroatoms. The molecule has 164 valence electrons. The molecule has 1 aliphatic heterocycles. The van der Waals surface area contributed by atoms with E-state index in [-0.39, 0.29) is 23.6 Å². The maximum atomic E-state index is 12.9. The summed E-state index contributed by atoms with van der Waals surface area (Å²) in [6, 6.07) is 15.1. The first-order chi connectivity index (χ1) is 15.4. The van der Waals surface area contributed by atoms with Gasteiger partial charge in [0.1, 0.15) is 0 Å². The molecule has 3 aromatic rings. The average molecular weight is 430 g/mol. The molecule has 2 aromatic carbocycles. The molecule has 0 aliphatic carbocycles. The van der Waals surface area contributed by atoms with E-state index in [2.05, 4.69) is 34.1 Å². The number of nitrogens with one attached hydrogen (secondary N) is 2. The third-order valence-electron chi connectivity index (χ3n) is 5.72. The normalized spacial score (nSPS) is 16.5. The van der Waals surface area contributed by atoms with Gasteiger partial charge in [0, 0.05) is 29.2 Å². The lowest BCUT2D eigenvalue weighted by Crippen LogP contribution is -2.46. The summed E-state index contributed by atoms with van der Waals surface area (Å²) in [7, 11) is 2.05. The van der Waals surface area contributed by atoms with E-state index < -0.39 is 0 Å². The molecule has 1 fully saturated rings. The van der Waals surface area contributed by atoms with Crippen LogP contribution in [0.4, 0.5) is 11.4 Å². The Balaban J connectivity index is 1.65. The van der Waals surface area contributed by atoms with Gasteiger partial charge in [-0.05, 0) is 62.2 Å². The summed E-state index contributed by atoms with van der Waals surface area (Å²) in [5, 5.41) is 7.76. The number of carbonyl (C=O) groups is 2. The summed E-state index contributed by atoms with van der Waals surface area (Å²) < 4.78 is 0. The number of pyridine rings is 1. The van der Waals surface area contributed by atoms with Gasteiger partial charge >= 0.3 is 0 Å². The highest BCUT2D eigenvalue weighted by Crippen LogP contribution is 2.29. The van der Waals surface area contributed by atoms with Gasteiger partial charge in [0.05, 0.1) is 11.4 Å². The molecule has 32 heavy (non-hydrogen) atoms. The van der Waals surface area contributed by atoms with Crippen molar-refractivity contribution in [2.45, 2.75) is 18.9 Å². The van der Waals surface area contributed by atoms with E-state index in [1.165, 1.54) is 6.08 Å². The van der Waals surface area contributed by atoms with Crippen LogP contribution in [0.15, 0.2) is 61.2 Å². The maximum absolute atomic E-state index is 12.9. The van der Waals surface area contributed by atoms with E-state index in [1.54, 1.807) is 12.1 Å². The van der Waals surface area contributed by atoms with Crippen molar-refractivity contribution in [1.29, 1.82) is 0 Å². The topological polar surface area (TPSA) is 100 Å². The Labute approximate surface area is 187 Å². The van der Waals surface area contributed by atoms with Crippen molar-refractivity contribution in [3.63, 3.8) is 0 Å². The van der Waals surface area contributed by atoms with Gasteiger partial charge in [-0.2, -0.15) is 0 Å². The van der Waals surface area contributed by atoms with E-state index in [0.717, 1.165) is 42.3 Å². The predicted molar refractivity (Wildman–Crippen MR) is 128 cm³/mol. The fraction of sp³-hybridized carbons (Fsp3) is 0.240. The van der Waals surface area contributed by atoms with Crippen molar-refractivity contribution >= 4 is 34.0 Å². The van der Waals surface area contributed by atoms with Crippen LogP contribution in [0, 0.1) is 0 Å². The predicted octanol–water partition coefficient (Wildman–Crippen LogP) is 3.43. The first kappa shape index (κ1) is 21.5. The first-order valence-corrected chi connectivity index (χ1v) is 10.7. The number of nitrogens with zero attached hydrogens (tertiary/aromatic N) is 2. The number of hydrogen-bond donors (Lipinski definition) is 3. The van der Waals surface area contributed by atoms with Crippen LogP contribution in [0.25, 0.3) is 22.0 Å². The molecule has 7 nitrogen and oxygen atoms in total. The number of nitrogen functional groups attached to an aromatic ring is 1. The third kappa shape index (κ3) is 4.63. The molecule has 0 bridgehead atoms. The van der Waals surface area contributed by atoms with Gasteiger partial charge in [0.2, 0.25) is 5.91 Å². The summed E-state index contributed by atoms with van der Waals surface area (Å²) in [6.45, 7) is 5.36. The SMILES string of the molecule is C=CC(=O)Nc1cccc2ccc(-c3ccc(N)c(C(=O)N[C@@H]4CCCN(C)C4)n3)cc12. The van der Waals surface area contributed by atoms with Crippen LogP contribution in [-0.4, -0.2) is 47.9 Å². The molecule has 2 heterocycles. The molecule has 4 rings (SSSR count). The molecule has 2 amide bonds. The zero-order valence-corrected chi connectivity index (χ0v) is 18.1. The Hall–Kier alpha value is -3.71. The summed E-state index contributed by atoms with van der Waals surface area (Å²) in [6.07, 6.45) is 3.23. The smallest absolute Gasteiger partial charge is 0.272 e. The average Bonchev–Trinajstić information content (AvgIpc) is 2.79. The van der Waals surface area contributed by atoms with Crippen LogP contribution in [0.1, 0.15) is 23.3 Å². The molecule has 1 atom stereocenters. The van der Waals surface area contributed by atoms with Gasteiger partial charge in [0.25, 0.3) is 5.91 Å². The van der Waals surface area contributed by atoms with Crippen molar-refractivity contribution in [1.82, 2.24) is 15.2 Å². The molecule has 0 unspecified atom stereocenters. The van der Waals surface area contributed by atoms with Crippen LogP contribution in [0.5, 0.6) is 0 Å². The van der Waals surface area contributed by atoms with Gasteiger partial charge in [-0.25, -0.2) is 4.98 Å². The molecule has 0 spiro atoms. The van der Waals surface area contributed by atoms with Crippen LogP contribution < -0.4 is 16.4 Å². The largest absolute Gasteiger partial charge is 0.397 e. The molecule has 0 saturated carbocycles. The lowest BCUT2D eigenvalue weighted by atomic mass is 10.0. The van der Waals surface area contributed by atoms with Gasteiger partial charge in [-0.1, -0.05) is 30.8 Å². The Bertz CT molecular complexity index is 1190. The molecule has 4 N–H and O–H groups in total. The zero-order valence-electron chi connectivity index (χ0n) is 18.1. The van der Waals surface area contributed by atoms with E-state index in [0.29, 0.717) is 17.1 Å². The number of hydrogen-bond acceptors (Lipinski definition) is 5. The summed E-state index contributed by atoms with van der Waals surface area (Å²) in [5.41, 5.74) is 8.81. The molecule has 1 saturated heterocycles. The van der Waals surface area contributed by atoms with Crippen molar-refractivity contribution in [3.8, 4) is 11.3 Å². The number of fused-ring (bicyclic) bond motifs is 1. The van der Waals surface area contributed by atoms with Crippen LogP contribution >= 0.6 is 0 Å². The minimum absolute atomic E-state index is 0.0859. The second kappa shape index (κ2) is 9.20. The van der Waals surface area contributed by atoms with E-state index in [9.17, 15) is 9.59 Å². The highest BCUT2D eigenvalue weighted by Gasteiger charge is 2.22. The third-order valence-corrected chi connectivity index (χ3v) is 5.72. The fourth-order valence-electron chi connectivity index (χ4n) is 4.08. The van der Waals surface area contributed by atoms with E-state index in [4.69, 9.17) is 5.73 Å². The van der Waals surface area contributed by atoms with Crippen LogP contribution in [0.3, 0.4) is 0 Å². The van der Waals surface area contributed by atoms with Gasteiger partial charge in [-0.15, -0.1) is 0 Å². The second-order valence-corrected chi connectivity index (χ2v) is 8.14. The monoisotopic (exact) mass is 429 g/mol. The number of amides is 2. The number of piperidine rings is 1. The molecule has 1 aromatic heterocycles. The Morgan fingerprint density at radius 2 is 2.06 bits per heavy atom. The number of carbonyl (C=O) groups excluding carboxylic acids is 2. The van der Waals surface area contributed by atoms with Crippen molar-refractivity contribution in [2.75, 3.05) is 31.2 Å². The summed E-state index contributed by atoms with van der Waals surface area (Å²) >= 11 is 0. The van der Waals surface area contributed by atoms with Crippen molar-refractivity contribution in [2.24, 2.45) is 0 Å². The standard InChI is InChI=1S/C25H27N5O2/c1-3-23(31)28-22-8-4-6-16-9-10-17(14-19(16)22)21-12-11-20(26)24(29-21)25(32)27-18-7-5-13-30(2)15-18/h3-4,6,8-12,14,18H,1,5,7,13,15,26H2,2H3,(H,27,32)(H,28,31)/t18-/m1/s1. The summed E-state index contributed by atoms with van der Waals surface area (Å²) in [4.78, 5) is 31.5. The number of nitrogens with two attached hydrogens (primary N) is 1. The number of aromatic nitrogens is 1. The molecule has 0 radical (unpaired) electrons. The van der Waals surface area contributed by atoms with Crippen LogP contribution in [0.2, 0.25) is 0 Å². The number of benzene rings is 2. The number of rotatable bonds is 5. The molecule has 1 aliphatic rings. The Morgan fingerprint density at radius 1 is 1.22 bits per heavy atom. The maximum Gasteiger partial charge on any atom is 0.272 e. The highest BCUT2D eigenvalue weighted by atomic mass is 16.2. The lowest BCUT2D eigenvalue weighted by Gasteiger charge is -2.30. The Morgan fingerprint density at radius 3 is 2.84 bits per heavy atom. The molecular weight excluding hydrogens is 402 g/mol. The quantitative estimate of drug-likeness (QED) is 0.540. The van der Waals surface area contributed by atoms with E-state index >= 15 is 0 Å². The second-order valence-electron chi connectivity index (χ2n) is 8.14. The van der Waals surface area contributed by atoms with Gasteiger partial charge in [0.15, 0.2) is 5.69 Å². The highest BCUT2D eigenvalue weighted by molar-refractivity contribution is 6.06. The minimum Gasteiger partial charge on any atom is -0.397 e. The van der Waals surface area contributed by atoms with Crippen molar-refractivity contribution in [3.05, 3.63) is 66.9 Å².